The third-order valence-corrected chi connectivity index (χ3v) is 3.65. The van der Waals surface area contributed by atoms with Gasteiger partial charge < -0.3 is 10.1 Å². The number of rotatable bonds is 3. The maximum Gasteiger partial charge on any atom is 0.228 e. The normalized spacial score (nSPS) is 10.9. The quantitative estimate of drug-likeness (QED) is 0.938. The van der Waals surface area contributed by atoms with Gasteiger partial charge in [-0.1, -0.05) is 36.8 Å². The summed E-state index contributed by atoms with van der Waals surface area (Å²) in [5.41, 5.74) is 0.754. The summed E-state index contributed by atoms with van der Waals surface area (Å²) >= 11 is 7.42. The first-order chi connectivity index (χ1) is 8.51. The van der Waals surface area contributed by atoms with Crippen LogP contribution in [0.1, 0.15) is 13.8 Å². The molecule has 0 aliphatic carbocycles. The van der Waals surface area contributed by atoms with E-state index >= 15 is 0 Å². The van der Waals surface area contributed by atoms with Crippen LogP contribution in [0.4, 0.5) is 5.13 Å². The van der Waals surface area contributed by atoms with Crippen molar-refractivity contribution in [2.45, 2.75) is 13.8 Å². The Morgan fingerprint density at radius 2 is 2.22 bits per heavy atom. The fourth-order valence-corrected chi connectivity index (χ4v) is 2.50. The van der Waals surface area contributed by atoms with Crippen LogP contribution < -0.4 is 10.1 Å². The SMILES string of the molecule is COc1cc2sc(NC(=O)C(C)C)nc2cc1Cl. The summed E-state index contributed by atoms with van der Waals surface area (Å²) in [6.45, 7) is 3.67. The number of hydrogen-bond donors (Lipinski definition) is 1. The molecule has 1 N–H and O–H groups in total. The molecule has 1 amide bonds. The summed E-state index contributed by atoms with van der Waals surface area (Å²) in [7, 11) is 1.57. The minimum atomic E-state index is -0.0739. The molecular formula is C12H13ClN2O2S. The lowest BCUT2D eigenvalue weighted by Crippen LogP contribution is -2.17. The third-order valence-electron chi connectivity index (χ3n) is 2.42. The van der Waals surface area contributed by atoms with E-state index in [1.165, 1.54) is 11.3 Å². The highest BCUT2D eigenvalue weighted by atomic mass is 35.5. The fraction of sp³-hybridized carbons (Fsp3) is 0.333. The molecule has 1 heterocycles. The molecule has 0 unspecified atom stereocenters. The Balaban J connectivity index is 2.35. The third kappa shape index (κ3) is 2.57. The summed E-state index contributed by atoms with van der Waals surface area (Å²) in [5, 5.41) is 3.86. The van der Waals surface area contributed by atoms with E-state index in [0.717, 1.165) is 10.2 Å². The molecular weight excluding hydrogens is 272 g/mol. The van der Waals surface area contributed by atoms with Gasteiger partial charge in [0.2, 0.25) is 5.91 Å². The largest absolute Gasteiger partial charge is 0.495 e. The number of halogens is 1. The lowest BCUT2D eigenvalue weighted by molar-refractivity contribution is -0.118. The second kappa shape index (κ2) is 5.12. The standard InChI is InChI=1S/C12H13ClN2O2S/c1-6(2)11(16)15-12-14-8-4-7(13)9(17-3)5-10(8)18-12/h4-6H,1-3H3,(H,14,15,16). The highest BCUT2D eigenvalue weighted by Gasteiger charge is 2.12. The number of aromatic nitrogens is 1. The molecule has 0 bridgehead atoms. The Labute approximate surface area is 114 Å². The van der Waals surface area contributed by atoms with E-state index in [2.05, 4.69) is 10.3 Å². The zero-order valence-electron chi connectivity index (χ0n) is 10.3. The topological polar surface area (TPSA) is 51.2 Å². The zero-order valence-corrected chi connectivity index (χ0v) is 11.9. The number of carbonyl (C=O) groups excluding carboxylic acids is 1. The summed E-state index contributed by atoms with van der Waals surface area (Å²) in [4.78, 5) is 15.9. The van der Waals surface area contributed by atoms with Crippen LogP contribution in [0.5, 0.6) is 5.75 Å². The second-order valence-electron chi connectivity index (χ2n) is 4.12. The van der Waals surface area contributed by atoms with Crippen molar-refractivity contribution in [3.8, 4) is 5.75 Å². The Morgan fingerprint density at radius 3 is 2.83 bits per heavy atom. The van der Waals surface area contributed by atoms with Gasteiger partial charge in [-0.3, -0.25) is 4.79 Å². The van der Waals surface area contributed by atoms with Crippen molar-refractivity contribution in [1.82, 2.24) is 4.98 Å². The highest BCUT2D eigenvalue weighted by Crippen LogP contribution is 2.34. The Bertz CT molecular complexity index is 595. The Hall–Kier alpha value is -1.33. The fourth-order valence-electron chi connectivity index (χ4n) is 1.39. The van der Waals surface area contributed by atoms with E-state index in [9.17, 15) is 4.79 Å². The molecule has 4 nitrogen and oxygen atoms in total. The number of nitrogens with one attached hydrogen (secondary N) is 1. The van der Waals surface area contributed by atoms with Gasteiger partial charge in [-0.05, 0) is 6.07 Å². The summed E-state index contributed by atoms with van der Waals surface area (Å²) in [6.07, 6.45) is 0. The number of hydrogen-bond acceptors (Lipinski definition) is 4. The van der Waals surface area contributed by atoms with E-state index in [4.69, 9.17) is 16.3 Å². The van der Waals surface area contributed by atoms with Crippen molar-refractivity contribution in [1.29, 1.82) is 0 Å². The van der Waals surface area contributed by atoms with E-state index in [1.54, 1.807) is 13.2 Å². The number of anilines is 1. The number of amides is 1. The molecule has 0 spiro atoms. The predicted molar refractivity (Wildman–Crippen MR) is 74.6 cm³/mol. The average Bonchev–Trinajstić information content (AvgIpc) is 2.68. The number of nitrogens with zero attached hydrogens (tertiary/aromatic N) is 1. The van der Waals surface area contributed by atoms with Crippen LogP contribution in [0.2, 0.25) is 5.02 Å². The second-order valence-corrected chi connectivity index (χ2v) is 5.56. The number of benzene rings is 1. The maximum absolute atomic E-state index is 11.6. The van der Waals surface area contributed by atoms with Crippen molar-refractivity contribution >= 4 is 44.2 Å². The van der Waals surface area contributed by atoms with Gasteiger partial charge in [0.05, 0.1) is 22.3 Å². The van der Waals surface area contributed by atoms with Crippen molar-refractivity contribution in [3.63, 3.8) is 0 Å². The van der Waals surface area contributed by atoms with E-state index in [-0.39, 0.29) is 11.8 Å². The van der Waals surface area contributed by atoms with Gasteiger partial charge in [-0.25, -0.2) is 4.98 Å². The van der Waals surface area contributed by atoms with Crippen LogP contribution in [0.3, 0.4) is 0 Å². The van der Waals surface area contributed by atoms with Crippen molar-refractivity contribution in [3.05, 3.63) is 17.2 Å². The maximum atomic E-state index is 11.6. The molecule has 0 fully saturated rings. The average molecular weight is 285 g/mol. The summed E-state index contributed by atoms with van der Waals surface area (Å²) < 4.78 is 6.07. The monoisotopic (exact) mass is 284 g/mol. The van der Waals surface area contributed by atoms with Gasteiger partial charge in [0, 0.05) is 12.0 Å². The molecule has 0 saturated heterocycles. The summed E-state index contributed by atoms with van der Waals surface area (Å²) in [5.74, 6) is 0.483. The van der Waals surface area contributed by atoms with E-state index in [0.29, 0.717) is 15.9 Å². The molecule has 2 aromatic rings. The van der Waals surface area contributed by atoms with Gasteiger partial charge in [-0.15, -0.1) is 0 Å². The smallest absolute Gasteiger partial charge is 0.228 e. The molecule has 96 valence electrons. The molecule has 0 saturated carbocycles. The number of methoxy groups -OCH3 is 1. The summed E-state index contributed by atoms with van der Waals surface area (Å²) in [6, 6.07) is 3.55. The molecule has 1 aromatic heterocycles. The highest BCUT2D eigenvalue weighted by molar-refractivity contribution is 7.22. The van der Waals surface area contributed by atoms with E-state index < -0.39 is 0 Å². The van der Waals surface area contributed by atoms with Crippen LogP contribution in [-0.2, 0) is 4.79 Å². The minimum Gasteiger partial charge on any atom is -0.495 e. The minimum absolute atomic E-state index is 0.0490. The molecule has 0 aliphatic heterocycles. The molecule has 1 aromatic carbocycles. The van der Waals surface area contributed by atoms with Gasteiger partial charge in [0.1, 0.15) is 5.75 Å². The molecule has 2 rings (SSSR count). The van der Waals surface area contributed by atoms with Crippen molar-refractivity contribution < 1.29 is 9.53 Å². The molecule has 6 heteroatoms. The Kier molecular flexibility index (Phi) is 3.73. The predicted octanol–water partition coefficient (Wildman–Crippen LogP) is 3.55. The molecule has 18 heavy (non-hydrogen) atoms. The van der Waals surface area contributed by atoms with Crippen LogP contribution in [0.15, 0.2) is 12.1 Å². The van der Waals surface area contributed by atoms with Crippen LogP contribution in [0, 0.1) is 5.92 Å². The lowest BCUT2D eigenvalue weighted by Gasteiger charge is -2.02. The number of carbonyl (C=O) groups is 1. The van der Waals surface area contributed by atoms with Gasteiger partial charge in [0.25, 0.3) is 0 Å². The van der Waals surface area contributed by atoms with Crippen molar-refractivity contribution in [2.24, 2.45) is 5.92 Å². The number of ether oxygens (including phenoxy) is 1. The van der Waals surface area contributed by atoms with Crippen LogP contribution >= 0.6 is 22.9 Å². The van der Waals surface area contributed by atoms with Crippen LogP contribution in [-0.4, -0.2) is 18.0 Å². The number of thiazole rings is 1. The first kappa shape index (κ1) is 13.1. The Morgan fingerprint density at radius 1 is 1.50 bits per heavy atom. The van der Waals surface area contributed by atoms with Gasteiger partial charge in [-0.2, -0.15) is 0 Å². The molecule has 0 radical (unpaired) electrons. The molecule has 0 atom stereocenters. The van der Waals surface area contributed by atoms with Crippen LogP contribution in [0.25, 0.3) is 10.2 Å². The first-order valence-corrected chi connectivity index (χ1v) is 6.65. The van der Waals surface area contributed by atoms with E-state index in [1.807, 2.05) is 19.9 Å². The lowest BCUT2D eigenvalue weighted by atomic mass is 10.2. The zero-order chi connectivity index (χ0) is 13.3. The first-order valence-electron chi connectivity index (χ1n) is 5.46. The van der Waals surface area contributed by atoms with Gasteiger partial charge in [0.15, 0.2) is 5.13 Å². The van der Waals surface area contributed by atoms with Crippen molar-refractivity contribution in [2.75, 3.05) is 12.4 Å². The van der Waals surface area contributed by atoms with Gasteiger partial charge >= 0.3 is 0 Å². The molecule has 0 aliphatic rings. The number of fused-ring (bicyclic) bond motifs is 1.